The Kier molecular flexibility index (Phi) is 4.44. The second-order valence-corrected chi connectivity index (χ2v) is 4.27. The summed E-state index contributed by atoms with van der Waals surface area (Å²) in [6, 6.07) is 12.6. The van der Waals surface area contributed by atoms with Gasteiger partial charge in [-0.25, -0.2) is 9.78 Å². The molecule has 0 fully saturated rings. The third kappa shape index (κ3) is 3.91. The predicted molar refractivity (Wildman–Crippen MR) is 74.6 cm³/mol. The molecule has 0 bridgehead atoms. The van der Waals surface area contributed by atoms with Gasteiger partial charge in [0.25, 0.3) is 0 Å². The van der Waals surface area contributed by atoms with Crippen LogP contribution in [0.2, 0.25) is 0 Å². The molecule has 5 heteroatoms. The highest BCUT2D eigenvalue weighted by molar-refractivity contribution is 5.91. The van der Waals surface area contributed by atoms with Crippen LogP contribution in [0.15, 0.2) is 48.7 Å². The molecule has 1 heterocycles. The molecule has 1 aromatic carbocycles. The summed E-state index contributed by atoms with van der Waals surface area (Å²) >= 11 is 0. The van der Waals surface area contributed by atoms with Gasteiger partial charge in [-0.1, -0.05) is 30.3 Å². The summed E-state index contributed by atoms with van der Waals surface area (Å²) in [5.74, 6) is -0.836. The minimum Gasteiger partial charge on any atom is -0.478 e. The molecule has 1 aromatic heterocycles. The lowest BCUT2D eigenvalue weighted by Gasteiger charge is -2.04. The third-order valence-electron chi connectivity index (χ3n) is 2.76. The number of benzene rings is 1. The van der Waals surface area contributed by atoms with Crippen LogP contribution < -0.4 is 5.32 Å². The van der Waals surface area contributed by atoms with Crippen molar-refractivity contribution in [1.29, 1.82) is 0 Å². The van der Waals surface area contributed by atoms with Crippen molar-refractivity contribution in [3.63, 3.8) is 0 Å². The van der Waals surface area contributed by atoms with E-state index < -0.39 is 5.97 Å². The molecule has 2 N–H and O–H groups in total. The minimum atomic E-state index is -1.04. The van der Waals surface area contributed by atoms with Crippen LogP contribution >= 0.6 is 0 Å². The Labute approximate surface area is 116 Å². The number of carbonyl (C=O) groups is 2. The van der Waals surface area contributed by atoms with Crippen molar-refractivity contribution >= 4 is 17.7 Å². The lowest BCUT2D eigenvalue weighted by Crippen LogP contribution is -2.13. The van der Waals surface area contributed by atoms with Crippen LogP contribution in [0.5, 0.6) is 0 Å². The first-order chi connectivity index (χ1) is 9.65. The standard InChI is InChI=1S/C15H14N2O3/c18-14(9-6-11-4-2-1-3-5-11)17-13-8-7-12(10-16-13)15(19)20/h1-5,7-8,10H,6,9H2,(H,19,20)(H,16,17,18). The van der Waals surface area contributed by atoms with Crippen molar-refractivity contribution in [3.8, 4) is 0 Å². The molecule has 5 nitrogen and oxygen atoms in total. The molecule has 0 aliphatic carbocycles. The average molecular weight is 270 g/mol. The number of carboxylic acid groups (broad SMARTS) is 1. The first-order valence-corrected chi connectivity index (χ1v) is 6.18. The number of rotatable bonds is 5. The monoisotopic (exact) mass is 270 g/mol. The zero-order valence-electron chi connectivity index (χ0n) is 10.7. The summed E-state index contributed by atoms with van der Waals surface area (Å²) in [6.07, 6.45) is 2.22. The molecule has 1 amide bonds. The molecule has 0 spiro atoms. The first-order valence-electron chi connectivity index (χ1n) is 6.18. The van der Waals surface area contributed by atoms with E-state index in [4.69, 9.17) is 5.11 Å². The maximum absolute atomic E-state index is 11.7. The van der Waals surface area contributed by atoms with E-state index in [1.165, 1.54) is 18.3 Å². The molecule has 0 saturated heterocycles. The van der Waals surface area contributed by atoms with E-state index in [1.54, 1.807) is 0 Å². The van der Waals surface area contributed by atoms with Crippen molar-refractivity contribution in [2.24, 2.45) is 0 Å². The fraction of sp³-hybridized carbons (Fsp3) is 0.133. The number of nitrogens with zero attached hydrogens (tertiary/aromatic N) is 1. The Morgan fingerprint density at radius 1 is 1.10 bits per heavy atom. The number of hydrogen-bond donors (Lipinski definition) is 2. The maximum Gasteiger partial charge on any atom is 0.337 e. The van der Waals surface area contributed by atoms with Crippen molar-refractivity contribution < 1.29 is 14.7 Å². The second-order valence-electron chi connectivity index (χ2n) is 4.27. The van der Waals surface area contributed by atoms with Gasteiger partial charge < -0.3 is 10.4 Å². The zero-order chi connectivity index (χ0) is 14.4. The Bertz CT molecular complexity index is 594. The van der Waals surface area contributed by atoms with Crippen molar-refractivity contribution in [3.05, 3.63) is 59.8 Å². The quantitative estimate of drug-likeness (QED) is 0.874. The van der Waals surface area contributed by atoms with E-state index in [0.717, 1.165) is 5.56 Å². The van der Waals surface area contributed by atoms with E-state index in [1.807, 2.05) is 30.3 Å². The molecule has 0 aliphatic heterocycles. The average Bonchev–Trinajstić information content (AvgIpc) is 2.47. The Morgan fingerprint density at radius 3 is 2.45 bits per heavy atom. The van der Waals surface area contributed by atoms with Gasteiger partial charge in [0.15, 0.2) is 0 Å². The van der Waals surface area contributed by atoms with Gasteiger partial charge in [0, 0.05) is 12.6 Å². The van der Waals surface area contributed by atoms with Gasteiger partial charge in [-0.15, -0.1) is 0 Å². The highest BCUT2D eigenvalue weighted by Crippen LogP contribution is 2.07. The number of aryl methyl sites for hydroxylation is 1. The molecule has 0 unspecified atom stereocenters. The Hall–Kier alpha value is -2.69. The summed E-state index contributed by atoms with van der Waals surface area (Å²) in [5, 5.41) is 11.4. The van der Waals surface area contributed by atoms with Gasteiger partial charge in [0.05, 0.1) is 5.56 Å². The van der Waals surface area contributed by atoms with Gasteiger partial charge in [-0.3, -0.25) is 4.79 Å². The van der Waals surface area contributed by atoms with E-state index in [-0.39, 0.29) is 11.5 Å². The number of hydrogen-bond acceptors (Lipinski definition) is 3. The predicted octanol–water partition coefficient (Wildman–Crippen LogP) is 2.35. The summed E-state index contributed by atoms with van der Waals surface area (Å²) in [4.78, 5) is 26.3. The van der Waals surface area contributed by atoms with Crippen LogP contribution in [0.25, 0.3) is 0 Å². The van der Waals surface area contributed by atoms with Gasteiger partial charge >= 0.3 is 5.97 Å². The minimum absolute atomic E-state index is 0.0901. The van der Waals surface area contributed by atoms with Crippen LogP contribution in [-0.2, 0) is 11.2 Å². The number of nitrogens with one attached hydrogen (secondary N) is 1. The van der Waals surface area contributed by atoms with E-state index >= 15 is 0 Å². The largest absolute Gasteiger partial charge is 0.478 e. The number of carboxylic acids is 1. The normalized spacial score (nSPS) is 10.0. The molecular formula is C15H14N2O3. The van der Waals surface area contributed by atoms with Gasteiger partial charge in [-0.2, -0.15) is 0 Å². The Balaban J connectivity index is 1.86. The fourth-order valence-corrected chi connectivity index (χ4v) is 1.70. The molecule has 0 saturated carbocycles. The van der Waals surface area contributed by atoms with Crippen LogP contribution in [0.3, 0.4) is 0 Å². The topological polar surface area (TPSA) is 79.3 Å². The number of aromatic carboxylic acids is 1. The highest BCUT2D eigenvalue weighted by atomic mass is 16.4. The SMILES string of the molecule is O=C(CCc1ccccc1)Nc1ccc(C(=O)O)cn1. The number of amides is 1. The maximum atomic E-state index is 11.7. The van der Waals surface area contributed by atoms with Crippen LogP contribution in [-0.4, -0.2) is 22.0 Å². The Morgan fingerprint density at radius 2 is 1.85 bits per heavy atom. The van der Waals surface area contributed by atoms with Crippen molar-refractivity contribution in [1.82, 2.24) is 4.98 Å². The summed E-state index contributed by atoms with van der Waals surface area (Å²) in [6.45, 7) is 0. The molecule has 20 heavy (non-hydrogen) atoms. The summed E-state index contributed by atoms with van der Waals surface area (Å²) in [5.41, 5.74) is 1.18. The van der Waals surface area contributed by atoms with Crippen LogP contribution in [0.4, 0.5) is 5.82 Å². The van der Waals surface area contributed by atoms with E-state index in [9.17, 15) is 9.59 Å². The lowest BCUT2D eigenvalue weighted by molar-refractivity contribution is -0.116. The van der Waals surface area contributed by atoms with Crippen molar-refractivity contribution in [2.45, 2.75) is 12.8 Å². The molecule has 2 rings (SSSR count). The zero-order valence-corrected chi connectivity index (χ0v) is 10.7. The van der Waals surface area contributed by atoms with Crippen LogP contribution in [0.1, 0.15) is 22.3 Å². The molecule has 0 aliphatic rings. The second kappa shape index (κ2) is 6.47. The molecule has 102 valence electrons. The fourth-order valence-electron chi connectivity index (χ4n) is 1.70. The smallest absolute Gasteiger partial charge is 0.337 e. The number of carbonyl (C=O) groups excluding carboxylic acids is 1. The third-order valence-corrected chi connectivity index (χ3v) is 2.76. The van der Waals surface area contributed by atoms with Gasteiger partial charge in [0.1, 0.15) is 5.82 Å². The number of anilines is 1. The first kappa shape index (κ1) is 13.7. The molecular weight excluding hydrogens is 256 g/mol. The summed E-state index contributed by atoms with van der Waals surface area (Å²) in [7, 11) is 0. The van der Waals surface area contributed by atoms with E-state index in [2.05, 4.69) is 10.3 Å². The molecule has 2 aromatic rings. The van der Waals surface area contributed by atoms with Crippen LogP contribution in [0, 0.1) is 0 Å². The van der Waals surface area contributed by atoms with E-state index in [0.29, 0.717) is 18.7 Å². The number of pyridine rings is 1. The summed E-state index contributed by atoms with van der Waals surface area (Å²) < 4.78 is 0. The van der Waals surface area contributed by atoms with Gasteiger partial charge in [0.2, 0.25) is 5.91 Å². The highest BCUT2D eigenvalue weighted by Gasteiger charge is 2.06. The van der Waals surface area contributed by atoms with Gasteiger partial charge in [-0.05, 0) is 24.1 Å². The molecule has 0 atom stereocenters. The number of aromatic nitrogens is 1. The van der Waals surface area contributed by atoms with Crippen molar-refractivity contribution in [2.75, 3.05) is 5.32 Å². The molecule has 0 radical (unpaired) electrons. The lowest BCUT2D eigenvalue weighted by atomic mass is 10.1.